The van der Waals surface area contributed by atoms with Crippen LogP contribution in [0.5, 0.6) is 0 Å². The van der Waals surface area contributed by atoms with Gasteiger partial charge in [-0.05, 0) is 49.2 Å². The first-order chi connectivity index (χ1) is 13.7. The number of aromatic nitrogens is 1. The van der Waals surface area contributed by atoms with Crippen molar-refractivity contribution in [1.29, 1.82) is 0 Å². The molecule has 0 bridgehead atoms. The lowest BCUT2D eigenvalue weighted by Crippen LogP contribution is -2.30. The van der Waals surface area contributed by atoms with Gasteiger partial charge in [-0.15, -0.1) is 0 Å². The van der Waals surface area contributed by atoms with Gasteiger partial charge in [0.2, 0.25) is 15.9 Å². The Morgan fingerprint density at radius 1 is 1.14 bits per heavy atom. The number of hydrogen-bond donors (Lipinski definition) is 2. The van der Waals surface area contributed by atoms with Gasteiger partial charge in [0, 0.05) is 37.0 Å². The fourth-order valence-corrected chi connectivity index (χ4v) is 4.43. The van der Waals surface area contributed by atoms with E-state index in [4.69, 9.17) is 0 Å². The number of nitrogens with zero attached hydrogens (tertiary/aromatic N) is 1. The number of hydrogen-bond acceptors (Lipinski definition) is 4. The number of pyridine rings is 1. The first-order valence-electron chi connectivity index (χ1n) is 9.44. The highest BCUT2D eigenvalue weighted by atomic mass is 32.2. The largest absolute Gasteiger partial charge is 0.348 e. The Morgan fingerprint density at radius 3 is 2.31 bits per heavy atom. The fourth-order valence-electron chi connectivity index (χ4n) is 2.97. The van der Waals surface area contributed by atoms with E-state index in [9.17, 15) is 18.0 Å². The number of H-pyrrole nitrogens is 1. The molecule has 0 atom stereocenters. The van der Waals surface area contributed by atoms with Gasteiger partial charge in [0.25, 0.3) is 5.56 Å². The molecule has 0 unspecified atom stereocenters. The van der Waals surface area contributed by atoms with Crippen LogP contribution in [-0.4, -0.2) is 36.7 Å². The molecule has 1 aromatic heterocycles. The molecule has 0 aliphatic rings. The highest BCUT2D eigenvalue weighted by Gasteiger charge is 2.20. The van der Waals surface area contributed by atoms with E-state index in [0.717, 1.165) is 11.3 Å². The normalized spacial score (nSPS) is 11.9. The molecule has 2 aromatic rings. The number of nitrogens with one attached hydrogen (secondary N) is 2. The molecule has 2 N–H and O–H groups in total. The summed E-state index contributed by atoms with van der Waals surface area (Å²) in [5.41, 5.74) is 2.59. The molecule has 1 amide bonds. The Balaban J connectivity index is 2.03. The number of carbonyl (C=O) groups excluding carboxylic acids is 1. The van der Waals surface area contributed by atoms with E-state index in [0.29, 0.717) is 24.2 Å². The number of amides is 1. The first-order valence-corrected chi connectivity index (χ1v) is 10.9. The number of aryl methyl sites for hydroxylation is 2. The zero-order valence-corrected chi connectivity index (χ0v) is 18.0. The van der Waals surface area contributed by atoms with E-state index in [-0.39, 0.29) is 22.9 Å². The number of rotatable bonds is 8. The quantitative estimate of drug-likeness (QED) is 0.644. The standard InChI is InChI=1S/C21H27N3O4S/c1-5-24(6-2)29(27,28)18-10-7-17(8-11-18)9-12-20(25)22-14-19-15(3)13-16(4)23-21(19)26/h7-13H,5-6,14H2,1-4H3,(H,22,25)(H,23,26)/b12-9+. The van der Waals surface area contributed by atoms with E-state index in [1.54, 1.807) is 39.0 Å². The minimum absolute atomic E-state index is 0.131. The Morgan fingerprint density at radius 2 is 1.76 bits per heavy atom. The van der Waals surface area contributed by atoms with Crippen molar-refractivity contribution < 1.29 is 13.2 Å². The van der Waals surface area contributed by atoms with E-state index >= 15 is 0 Å². The van der Waals surface area contributed by atoms with Crippen LogP contribution in [0.25, 0.3) is 6.08 Å². The lowest BCUT2D eigenvalue weighted by Gasteiger charge is -2.18. The summed E-state index contributed by atoms with van der Waals surface area (Å²) in [5.74, 6) is -0.343. The van der Waals surface area contributed by atoms with Gasteiger partial charge in [-0.3, -0.25) is 9.59 Å². The SMILES string of the molecule is CCN(CC)S(=O)(=O)c1ccc(/C=C/C(=O)NCc2c(C)cc(C)[nH]c2=O)cc1. The Kier molecular flexibility index (Phi) is 7.53. The van der Waals surface area contributed by atoms with Crippen LogP contribution < -0.4 is 10.9 Å². The van der Waals surface area contributed by atoms with Crippen molar-refractivity contribution >= 4 is 22.0 Å². The van der Waals surface area contributed by atoms with Crippen LogP contribution >= 0.6 is 0 Å². The van der Waals surface area contributed by atoms with E-state index in [1.165, 1.54) is 22.5 Å². The van der Waals surface area contributed by atoms with Gasteiger partial charge in [-0.2, -0.15) is 4.31 Å². The molecule has 0 spiro atoms. The third-order valence-corrected chi connectivity index (χ3v) is 6.65. The highest BCUT2D eigenvalue weighted by Crippen LogP contribution is 2.16. The average Bonchev–Trinajstić information content (AvgIpc) is 2.66. The van der Waals surface area contributed by atoms with Crippen LogP contribution in [0, 0.1) is 13.8 Å². The minimum Gasteiger partial charge on any atom is -0.348 e. The summed E-state index contributed by atoms with van der Waals surface area (Å²) in [6, 6.07) is 8.21. The maximum atomic E-state index is 12.5. The Hall–Kier alpha value is -2.71. The average molecular weight is 418 g/mol. The second-order valence-electron chi connectivity index (χ2n) is 6.65. The third kappa shape index (κ3) is 5.65. The van der Waals surface area contributed by atoms with Gasteiger partial charge in [0.05, 0.1) is 4.90 Å². The molecule has 1 heterocycles. The van der Waals surface area contributed by atoms with Gasteiger partial charge >= 0.3 is 0 Å². The summed E-state index contributed by atoms with van der Waals surface area (Å²) in [6.07, 6.45) is 2.95. The molecular formula is C21H27N3O4S. The summed E-state index contributed by atoms with van der Waals surface area (Å²) in [4.78, 5) is 27.0. The van der Waals surface area contributed by atoms with Crippen molar-refractivity contribution in [1.82, 2.24) is 14.6 Å². The molecule has 8 heteroatoms. The summed E-state index contributed by atoms with van der Waals surface area (Å²) in [6.45, 7) is 8.16. The van der Waals surface area contributed by atoms with Crippen LogP contribution in [0.2, 0.25) is 0 Å². The molecule has 0 saturated carbocycles. The van der Waals surface area contributed by atoms with Crippen molar-refractivity contribution in [3.63, 3.8) is 0 Å². The molecule has 0 saturated heterocycles. The second-order valence-corrected chi connectivity index (χ2v) is 8.59. The molecule has 156 valence electrons. The smallest absolute Gasteiger partial charge is 0.253 e. The molecule has 0 aliphatic carbocycles. The van der Waals surface area contributed by atoms with E-state index in [1.807, 2.05) is 13.0 Å². The van der Waals surface area contributed by atoms with Crippen molar-refractivity contribution in [3.05, 3.63) is 69.1 Å². The van der Waals surface area contributed by atoms with Crippen molar-refractivity contribution in [2.45, 2.75) is 39.1 Å². The molecule has 0 fully saturated rings. The van der Waals surface area contributed by atoms with Crippen LogP contribution in [0.15, 0.2) is 46.1 Å². The van der Waals surface area contributed by atoms with Gasteiger partial charge in [-0.25, -0.2) is 8.42 Å². The van der Waals surface area contributed by atoms with Crippen LogP contribution in [-0.2, 0) is 21.4 Å². The van der Waals surface area contributed by atoms with Gasteiger partial charge in [-0.1, -0.05) is 26.0 Å². The summed E-state index contributed by atoms with van der Waals surface area (Å²) < 4.78 is 26.4. The molecule has 0 aliphatic heterocycles. The van der Waals surface area contributed by atoms with Crippen LogP contribution in [0.1, 0.15) is 36.2 Å². The molecule has 0 radical (unpaired) electrons. The van der Waals surface area contributed by atoms with Crippen molar-refractivity contribution in [2.75, 3.05) is 13.1 Å². The van der Waals surface area contributed by atoms with E-state index in [2.05, 4.69) is 10.3 Å². The molecule has 7 nitrogen and oxygen atoms in total. The maximum Gasteiger partial charge on any atom is 0.253 e. The Labute approximate surface area is 171 Å². The fraction of sp³-hybridized carbons (Fsp3) is 0.333. The lowest BCUT2D eigenvalue weighted by atomic mass is 10.1. The van der Waals surface area contributed by atoms with Gasteiger partial charge in [0.1, 0.15) is 0 Å². The summed E-state index contributed by atoms with van der Waals surface area (Å²) in [5, 5.41) is 2.69. The molecule has 1 aromatic carbocycles. The summed E-state index contributed by atoms with van der Waals surface area (Å²) >= 11 is 0. The van der Waals surface area contributed by atoms with Gasteiger partial charge < -0.3 is 10.3 Å². The second kappa shape index (κ2) is 9.67. The molecular weight excluding hydrogens is 390 g/mol. The monoisotopic (exact) mass is 417 g/mol. The predicted octanol–water partition coefficient (Wildman–Crippen LogP) is 2.35. The van der Waals surface area contributed by atoms with E-state index < -0.39 is 10.0 Å². The molecule has 29 heavy (non-hydrogen) atoms. The van der Waals surface area contributed by atoms with Crippen molar-refractivity contribution in [3.8, 4) is 0 Å². The third-order valence-electron chi connectivity index (χ3n) is 4.58. The molecule has 2 rings (SSSR count). The van der Waals surface area contributed by atoms with Gasteiger partial charge in [0.15, 0.2) is 0 Å². The minimum atomic E-state index is -3.50. The summed E-state index contributed by atoms with van der Waals surface area (Å²) in [7, 11) is -3.50. The zero-order chi connectivity index (χ0) is 21.6. The van der Waals surface area contributed by atoms with Crippen LogP contribution in [0.3, 0.4) is 0 Å². The number of sulfonamides is 1. The topological polar surface area (TPSA) is 99.3 Å². The Bertz CT molecular complexity index is 1050. The number of benzene rings is 1. The highest BCUT2D eigenvalue weighted by molar-refractivity contribution is 7.89. The number of aromatic amines is 1. The maximum absolute atomic E-state index is 12.5. The van der Waals surface area contributed by atoms with Crippen molar-refractivity contribution in [2.24, 2.45) is 0 Å². The van der Waals surface area contributed by atoms with Crippen LogP contribution in [0.4, 0.5) is 0 Å². The zero-order valence-electron chi connectivity index (χ0n) is 17.2. The number of carbonyl (C=O) groups is 1. The predicted molar refractivity (Wildman–Crippen MR) is 114 cm³/mol. The first kappa shape index (κ1) is 22.6. The lowest BCUT2D eigenvalue weighted by molar-refractivity contribution is -0.116.